The number of hydrogen-bond donors (Lipinski definition) is 4. The predicted molar refractivity (Wildman–Crippen MR) is 51.1 cm³/mol. The highest BCUT2D eigenvalue weighted by molar-refractivity contribution is 6.10. The lowest BCUT2D eigenvalue weighted by Crippen LogP contribution is -2.73. The zero-order valence-electron chi connectivity index (χ0n) is 8.55. The van der Waals surface area contributed by atoms with Gasteiger partial charge in [0.1, 0.15) is 13.0 Å². The monoisotopic (exact) mass is 261 g/mol. The molecule has 0 fully saturated rings. The van der Waals surface area contributed by atoms with Crippen LogP contribution >= 0.6 is 0 Å². The molecule has 11 heteroatoms. The Morgan fingerprint density at radius 3 is 1.83 bits per heavy atom. The topological polar surface area (TPSA) is 168 Å². The number of amides is 2. The minimum absolute atomic E-state index is 0.105. The van der Waals surface area contributed by atoms with Gasteiger partial charge >= 0.3 is 29.8 Å². The van der Waals surface area contributed by atoms with Crippen molar-refractivity contribution in [1.82, 2.24) is 9.80 Å². The molecular formula is C7H7N3O8. The maximum absolute atomic E-state index is 11.1. The van der Waals surface area contributed by atoms with Crippen molar-refractivity contribution in [3.8, 4) is 0 Å². The molecule has 4 N–H and O–H groups in total. The van der Waals surface area contributed by atoms with E-state index in [0.29, 0.717) is 6.34 Å². The Hall–Kier alpha value is -2.85. The lowest BCUT2D eigenvalue weighted by molar-refractivity contribution is -0.176. The second-order valence-electron chi connectivity index (χ2n) is 3.09. The number of aliphatic carboxylic acids is 2. The molecule has 11 nitrogen and oxygen atoms in total. The lowest BCUT2D eigenvalue weighted by atomic mass is 10.1. The molecule has 0 spiro atoms. The fourth-order valence-corrected chi connectivity index (χ4v) is 1.43. The third kappa shape index (κ3) is 1.57. The van der Waals surface area contributed by atoms with Crippen molar-refractivity contribution in [1.29, 1.82) is 0 Å². The average Bonchev–Trinajstić information content (AvgIpc) is 2.26. The average molecular weight is 261 g/mol. The summed E-state index contributed by atoms with van der Waals surface area (Å²) < 4.78 is 0. The number of aliphatic imine (C=N–C) groups is 1. The summed E-state index contributed by atoms with van der Waals surface area (Å²) in [4.78, 5) is 46.9. The number of carboxylic acid groups (broad SMARTS) is 4. The number of carbonyl (C=O) groups is 4. The quantitative estimate of drug-likeness (QED) is 0.450. The van der Waals surface area contributed by atoms with Gasteiger partial charge in [0.25, 0.3) is 0 Å². The van der Waals surface area contributed by atoms with Crippen LogP contribution < -0.4 is 0 Å². The molecule has 1 heterocycles. The van der Waals surface area contributed by atoms with Crippen molar-refractivity contribution in [3.05, 3.63) is 0 Å². The Labute approximate surface area is 98.2 Å². The van der Waals surface area contributed by atoms with Crippen LogP contribution in [0.4, 0.5) is 9.59 Å². The standard InChI is InChI=1S/C7H7N3O8/c11-3(12)7(4(13)14)9(5(15)16)1-8-2-10(7)6(17)18/h1H,2H2,(H,11,12)(H,13,14)(H,15,16)(H,17,18). The molecule has 1 aliphatic heterocycles. The highest BCUT2D eigenvalue weighted by Gasteiger charge is 2.62. The van der Waals surface area contributed by atoms with Crippen LogP contribution in [0, 0.1) is 0 Å². The third-order valence-corrected chi connectivity index (χ3v) is 2.19. The zero-order valence-corrected chi connectivity index (χ0v) is 8.55. The summed E-state index contributed by atoms with van der Waals surface area (Å²) in [7, 11) is 0. The van der Waals surface area contributed by atoms with Gasteiger partial charge in [-0.25, -0.2) is 29.0 Å². The predicted octanol–water partition coefficient (Wildman–Crippen LogP) is -1.19. The van der Waals surface area contributed by atoms with Gasteiger partial charge in [-0.1, -0.05) is 0 Å². The molecule has 18 heavy (non-hydrogen) atoms. The van der Waals surface area contributed by atoms with E-state index in [1.807, 2.05) is 0 Å². The first-order valence-corrected chi connectivity index (χ1v) is 4.25. The van der Waals surface area contributed by atoms with Gasteiger partial charge < -0.3 is 20.4 Å². The fraction of sp³-hybridized carbons (Fsp3) is 0.286. The maximum Gasteiger partial charge on any atom is 0.415 e. The molecule has 98 valence electrons. The van der Waals surface area contributed by atoms with Crippen molar-refractivity contribution in [2.75, 3.05) is 6.67 Å². The minimum atomic E-state index is -3.29. The van der Waals surface area contributed by atoms with Crippen LogP contribution in [-0.2, 0) is 9.59 Å². The summed E-state index contributed by atoms with van der Waals surface area (Å²) in [6, 6.07) is 0. The Kier molecular flexibility index (Phi) is 3.08. The Morgan fingerprint density at radius 2 is 1.50 bits per heavy atom. The molecule has 0 saturated heterocycles. The molecule has 0 bridgehead atoms. The van der Waals surface area contributed by atoms with Crippen molar-refractivity contribution >= 4 is 30.5 Å². The van der Waals surface area contributed by atoms with E-state index >= 15 is 0 Å². The van der Waals surface area contributed by atoms with Gasteiger partial charge in [-0.15, -0.1) is 0 Å². The maximum atomic E-state index is 11.1. The van der Waals surface area contributed by atoms with Crippen LogP contribution in [0.3, 0.4) is 0 Å². The lowest BCUT2D eigenvalue weighted by Gasteiger charge is -2.41. The van der Waals surface area contributed by atoms with Crippen molar-refractivity contribution in [2.24, 2.45) is 4.99 Å². The van der Waals surface area contributed by atoms with Gasteiger partial charge in [0.15, 0.2) is 0 Å². The number of nitrogens with zero attached hydrogens (tertiary/aromatic N) is 3. The van der Waals surface area contributed by atoms with E-state index in [1.165, 1.54) is 0 Å². The second-order valence-corrected chi connectivity index (χ2v) is 3.09. The molecule has 1 aliphatic rings. The van der Waals surface area contributed by atoms with Crippen LogP contribution in [0.5, 0.6) is 0 Å². The number of rotatable bonds is 2. The molecule has 0 aliphatic carbocycles. The highest BCUT2D eigenvalue weighted by Crippen LogP contribution is 2.24. The molecule has 0 aromatic rings. The first kappa shape index (κ1) is 13.2. The second kappa shape index (κ2) is 4.20. The largest absolute Gasteiger partial charge is 0.478 e. The minimum Gasteiger partial charge on any atom is -0.478 e. The summed E-state index contributed by atoms with van der Waals surface area (Å²) in [5.74, 6) is -4.32. The summed E-state index contributed by atoms with van der Waals surface area (Å²) in [5.41, 5.74) is -3.29. The van der Waals surface area contributed by atoms with Gasteiger partial charge in [0, 0.05) is 0 Å². The van der Waals surface area contributed by atoms with Gasteiger partial charge in [0.05, 0.1) is 0 Å². The Morgan fingerprint density at radius 1 is 1.00 bits per heavy atom. The smallest absolute Gasteiger partial charge is 0.415 e. The van der Waals surface area contributed by atoms with Crippen molar-refractivity contribution in [2.45, 2.75) is 5.66 Å². The van der Waals surface area contributed by atoms with Crippen LogP contribution in [0.15, 0.2) is 4.99 Å². The van der Waals surface area contributed by atoms with Crippen LogP contribution in [0.2, 0.25) is 0 Å². The highest BCUT2D eigenvalue weighted by atomic mass is 16.4. The fourth-order valence-electron chi connectivity index (χ4n) is 1.43. The van der Waals surface area contributed by atoms with Crippen LogP contribution in [-0.4, -0.2) is 73.0 Å². The van der Waals surface area contributed by atoms with E-state index in [-0.39, 0.29) is 9.80 Å². The number of hydrogen-bond acceptors (Lipinski definition) is 5. The van der Waals surface area contributed by atoms with Crippen molar-refractivity contribution in [3.63, 3.8) is 0 Å². The SMILES string of the molecule is O=C(O)N1C=NCN(C(=O)O)C1(C(=O)O)C(=O)O. The van der Waals surface area contributed by atoms with Crippen LogP contribution in [0.25, 0.3) is 0 Å². The first-order valence-electron chi connectivity index (χ1n) is 4.25. The summed E-state index contributed by atoms with van der Waals surface area (Å²) in [5, 5.41) is 35.4. The zero-order chi connectivity index (χ0) is 14.1. The normalized spacial score (nSPS) is 17.3. The van der Waals surface area contributed by atoms with Gasteiger partial charge in [0.2, 0.25) is 0 Å². The number of carboxylic acids is 2. The van der Waals surface area contributed by atoms with E-state index in [1.54, 1.807) is 0 Å². The Bertz CT molecular complexity index is 444. The molecule has 1 rings (SSSR count). The van der Waals surface area contributed by atoms with Gasteiger partial charge in [-0.3, -0.25) is 4.99 Å². The summed E-state index contributed by atoms with van der Waals surface area (Å²) in [6.07, 6.45) is -3.44. The van der Waals surface area contributed by atoms with E-state index < -0.39 is 36.5 Å². The molecule has 0 radical (unpaired) electrons. The molecule has 0 aromatic heterocycles. The molecule has 2 amide bonds. The first-order chi connectivity index (χ1) is 8.26. The summed E-state index contributed by atoms with van der Waals surface area (Å²) >= 11 is 0. The summed E-state index contributed by atoms with van der Waals surface area (Å²) in [6.45, 7) is -0.808. The van der Waals surface area contributed by atoms with Crippen molar-refractivity contribution < 1.29 is 39.6 Å². The van der Waals surface area contributed by atoms with E-state index in [4.69, 9.17) is 20.4 Å². The molecule has 0 saturated carbocycles. The molecule has 0 unspecified atom stereocenters. The van der Waals surface area contributed by atoms with Crippen LogP contribution in [0.1, 0.15) is 0 Å². The van der Waals surface area contributed by atoms with E-state index in [0.717, 1.165) is 0 Å². The van der Waals surface area contributed by atoms with E-state index in [2.05, 4.69) is 4.99 Å². The molecule has 0 aromatic carbocycles. The van der Waals surface area contributed by atoms with Gasteiger partial charge in [-0.2, -0.15) is 0 Å². The Balaban J connectivity index is 3.54. The molecule has 0 atom stereocenters. The van der Waals surface area contributed by atoms with E-state index in [9.17, 15) is 19.2 Å². The molecular weight excluding hydrogens is 254 g/mol. The van der Waals surface area contributed by atoms with Gasteiger partial charge in [-0.05, 0) is 0 Å². The third-order valence-electron chi connectivity index (χ3n) is 2.19.